The lowest BCUT2D eigenvalue weighted by atomic mass is 10.1. The zero-order chi connectivity index (χ0) is 27.5. The number of phosphoric ester groups is 1. The van der Waals surface area contributed by atoms with Gasteiger partial charge in [-0.25, -0.2) is 4.57 Å². The third kappa shape index (κ3) is 26.6. The summed E-state index contributed by atoms with van der Waals surface area (Å²) in [5.41, 5.74) is 5.28. The fourth-order valence-corrected chi connectivity index (χ4v) is 4.50. The van der Waals surface area contributed by atoms with Crippen LogP contribution in [0.1, 0.15) is 123 Å². The van der Waals surface area contributed by atoms with E-state index in [1.165, 1.54) is 77.0 Å². The topological polar surface area (TPSA) is 117 Å². The highest BCUT2D eigenvalue weighted by molar-refractivity contribution is 7.47. The molecule has 0 aliphatic rings. The minimum atomic E-state index is -4.24. The van der Waals surface area contributed by atoms with E-state index in [-0.39, 0.29) is 32.3 Å². The number of unbranched alkanes of at least 4 members (excludes halogenated alkanes) is 13. The van der Waals surface area contributed by atoms with Gasteiger partial charge in [0.1, 0.15) is 6.10 Å². The van der Waals surface area contributed by atoms with Crippen molar-refractivity contribution in [1.82, 2.24) is 0 Å². The van der Waals surface area contributed by atoms with Gasteiger partial charge in [0.15, 0.2) is 0 Å². The molecule has 0 saturated heterocycles. The van der Waals surface area contributed by atoms with Gasteiger partial charge in [-0.3, -0.25) is 13.8 Å². The third-order valence-corrected chi connectivity index (χ3v) is 6.92. The van der Waals surface area contributed by atoms with E-state index in [1.807, 2.05) is 6.92 Å². The van der Waals surface area contributed by atoms with Crippen molar-refractivity contribution in [2.24, 2.45) is 5.73 Å². The lowest BCUT2D eigenvalue weighted by Gasteiger charge is -2.20. The van der Waals surface area contributed by atoms with E-state index in [0.717, 1.165) is 25.7 Å². The van der Waals surface area contributed by atoms with Gasteiger partial charge in [0.25, 0.3) is 0 Å². The summed E-state index contributed by atoms with van der Waals surface area (Å²) in [6, 6.07) is 0. The zero-order valence-electron chi connectivity index (χ0n) is 23.7. The molecule has 8 nitrogen and oxygen atoms in total. The van der Waals surface area contributed by atoms with Crippen LogP contribution in [0.15, 0.2) is 12.2 Å². The molecule has 2 atom stereocenters. The Labute approximate surface area is 226 Å². The van der Waals surface area contributed by atoms with Crippen LogP contribution in [-0.4, -0.2) is 49.9 Å². The van der Waals surface area contributed by atoms with Gasteiger partial charge < -0.3 is 20.1 Å². The number of ether oxygens (including phenoxy) is 2. The van der Waals surface area contributed by atoms with Crippen molar-refractivity contribution in [1.29, 1.82) is 0 Å². The molecule has 0 aromatic carbocycles. The highest BCUT2D eigenvalue weighted by atomic mass is 31.2. The van der Waals surface area contributed by atoms with Crippen LogP contribution in [0, 0.1) is 0 Å². The molecule has 220 valence electrons. The van der Waals surface area contributed by atoms with Crippen molar-refractivity contribution in [2.75, 3.05) is 33.0 Å². The molecule has 3 N–H and O–H groups in total. The smallest absolute Gasteiger partial charge is 0.457 e. The molecule has 0 fully saturated rings. The maximum Gasteiger partial charge on any atom is 0.472 e. The molecule has 0 aromatic heterocycles. The summed E-state index contributed by atoms with van der Waals surface area (Å²) in [4.78, 5) is 21.7. The third-order valence-electron chi connectivity index (χ3n) is 5.93. The number of hydrogen-bond acceptors (Lipinski definition) is 7. The van der Waals surface area contributed by atoms with E-state index in [1.54, 1.807) is 0 Å². The summed E-state index contributed by atoms with van der Waals surface area (Å²) < 4.78 is 32.6. The van der Waals surface area contributed by atoms with Crippen LogP contribution < -0.4 is 5.73 Å². The molecule has 0 bridgehead atoms. The number of esters is 1. The normalized spacial score (nSPS) is 14.2. The average molecular weight is 550 g/mol. The predicted molar refractivity (Wildman–Crippen MR) is 150 cm³/mol. The molecule has 0 rings (SSSR count). The van der Waals surface area contributed by atoms with Crippen molar-refractivity contribution < 1.29 is 32.8 Å². The molecule has 2 unspecified atom stereocenters. The second kappa shape index (κ2) is 26.8. The summed E-state index contributed by atoms with van der Waals surface area (Å²) in [7, 11) is -4.24. The van der Waals surface area contributed by atoms with Crippen LogP contribution in [0.3, 0.4) is 0 Å². The minimum absolute atomic E-state index is 0.0960. The summed E-state index contributed by atoms with van der Waals surface area (Å²) in [5, 5.41) is 0. The van der Waals surface area contributed by atoms with Gasteiger partial charge in [-0.1, -0.05) is 90.2 Å². The van der Waals surface area contributed by atoms with Gasteiger partial charge in [0.05, 0.1) is 19.8 Å². The highest BCUT2D eigenvalue weighted by Crippen LogP contribution is 2.43. The molecule has 0 aliphatic heterocycles. The van der Waals surface area contributed by atoms with Crippen molar-refractivity contribution >= 4 is 13.8 Å². The van der Waals surface area contributed by atoms with E-state index < -0.39 is 13.9 Å². The molecule has 0 radical (unpaired) electrons. The first kappa shape index (κ1) is 36.2. The molecule has 0 amide bonds. The summed E-state index contributed by atoms with van der Waals surface area (Å²) in [6.07, 6.45) is 23.3. The van der Waals surface area contributed by atoms with Crippen molar-refractivity contribution in [3.63, 3.8) is 0 Å². The number of nitrogens with two attached hydrogens (primary N) is 1. The fourth-order valence-electron chi connectivity index (χ4n) is 3.73. The standard InChI is InChI=1S/C28H56NO7P/c1-3-5-7-8-9-10-11-12-13-14-15-16-17-18-19-20-23-33-25-27(36-28(30)21-6-4-2)26-35-37(31,32)34-24-22-29/h12-13,27H,3-11,14-26,29H2,1-2H3,(H,31,32)/b13-12-. The van der Waals surface area contributed by atoms with E-state index in [4.69, 9.17) is 24.3 Å². The first-order valence-corrected chi connectivity index (χ1v) is 16.2. The Hall–Kier alpha value is -0.760. The number of rotatable bonds is 28. The molecule has 0 spiro atoms. The SMILES string of the molecule is CCCCCCCC/C=C\CCCCCCCCOCC(COP(=O)(O)OCCN)OC(=O)CCCC. The first-order chi connectivity index (χ1) is 17.9. The van der Waals surface area contributed by atoms with Gasteiger partial charge in [0.2, 0.25) is 0 Å². The maximum absolute atomic E-state index is 12.0. The predicted octanol–water partition coefficient (Wildman–Crippen LogP) is 7.23. The largest absolute Gasteiger partial charge is 0.472 e. The number of allylic oxidation sites excluding steroid dienone is 2. The molecule has 0 aliphatic carbocycles. The quantitative estimate of drug-likeness (QED) is 0.0454. The van der Waals surface area contributed by atoms with Crippen LogP contribution in [0.2, 0.25) is 0 Å². The summed E-state index contributed by atoms with van der Waals surface area (Å²) >= 11 is 0. The van der Waals surface area contributed by atoms with Crippen LogP contribution in [-0.2, 0) is 27.9 Å². The molecule has 37 heavy (non-hydrogen) atoms. The van der Waals surface area contributed by atoms with Crippen molar-refractivity contribution in [2.45, 2.75) is 129 Å². The number of phosphoric acid groups is 1. The molecule has 9 heteroatoms. The Kier molecular flexibility index (Phi) is 26.3. The van der Waals surface area contributed by atoms with Gasteiger partial charge in [0, 0.05) is 19.6 Å². The van der Waals surface area contributed by atoms with Gasteiger partial charge in [-0.05, 0) is 38.5 Å². The Bertz CT molecular complexity index is 589. The van der Waals surface area contributed by atoms with Gasteiger partial charge in [-0.15, -0.1) is 0 Å². The van der Waals surface area contributed by atoms with Crippen molar-refractivity contribution in [3.05, 3.63) is 12.2 Å². The Balaban J connectivity index is 3.87. The van der Waals surface area contributed by atoms with Crippen LogP contribution >= 0.6 is 7.82 Å². The molecular weight excluding hydrogens is 493 g/mol. The maximum atomic E-state index is 12.0. The number of hydrogen-bond donors (Lipinski definition) is 2. The van der Waals surface area contributed by atoms with Crippen LogP contribution in [0.25, 0.3) is 0 Å². The molecule has 0 heterocycles. The molecule has 0 saturated carbocycles. The number of carbonyl (C=O) groups excluding carboxylic acids is 1. The fraction of sp³-hybridized carbons (Fsp3) is 0.893. The van der Waals surface area contributed by atoms with E-state index >= 15 is 0 Å². The Morgan fingerprint density at radius 1 is 0.784 bits per heavy atom. The van der Waals surface area contributed by atoms with E-state index in [2.05, 4.69) is 19.1 Å². The first-order valence-electron chi connectivity index (χ1n) is 14.7. The molecule has 0 aromatic rings. The van der Waals surface area contributed by atoms with Crippen LogP contribution in [0.5, 0.6) is 0 Å². The van der Waals surface area contributed by atoms with Crippen LogP contribution in [0.4, 0.5) is 0 Å². The minimum Gasteiger partial charge on any atom is -0.457 e. The highest BCUT2D eigenvalue weighted by Gasteiger charge is 2.25. The second-order valence-electron chi connectivity index (χ2n) is 9.61. The lowest BCUT2D eigenvalue weighted by molar-refractivity contribution is -0.154. The average Bonchev–Trinajstić information content (AvgIpc) is 2.88. The second-order valence-corrected chi connectivity index (χ2v) is 11.1. The summed E-state index contributed by atoms with van der Waals surface area (Å²) in [5.74, 6) is -0.369. The van der Waals surface area contributed by atoms with Gasteiger partial charge >= 0.3 is 13.8 Å². The van der Waals surface area contributed by atoms with Crippen molar-refractivity contribution in [3.8, 4) is 0 Å². The monoisotopic (exact) mass is 549 g/mol. The van der Waals surface area contributed by atoms with E-state index in [0.29, 0.717) is 13.0 Å². The van der Waals surface area contributed by atoms with Gasteiger partial charge in [-0.2, -0.15) is 0 Å². The summed E-state index contributed by atoms with van der Waals surface area (Å²) in [6.45, 7) is 4.63. The Morgan fingerprint density at radius 2 is 1.35 bits per heavy atom. The number of carbonyl (C=O) groups is 1. The zero-order valence-corrected chi connectivity index (χ0v) is 24.6. The van der Waals surface area contributed by atoms with E-state index in [9.17, 15) is 14.3 Å². The Morgan fingerprint density at radius 3 is 1.95 bits per heavy atom. The molecular formula is C28H56NO7P. The lowest BCUT2D eigenvalue weighted by Crippen LogP contribution is -2.28.